The Balaban J connectivity index is 2.09. The van der Waals surface area contributed by atoms with E-state index in [-0.39, 0.29) is 6.54 Å². The number of pyridine rings is 1. The number of nitrogens with zero attached hydrogens (tertiary/aromatic N) is 1. The second kappa shape index (κ2) is 8.19. The summed E-state index contributed by atoms with van der Waals surface area (Å²) in [5.74, 6) is -0.417. The highest BCUT2D eigenvalue weighted by Crippen LogP contribution is 2.32. The Bertz CT molecular complexity index is 807. The number of carbonyl (C=O) groups excluding carboxylic acids is 2. The number of methoxy groups -OCH3 is 1. The van der Waals surface area contributed by atoms with Gasteiger partial charge < -0.3 is 15.4 Å². The monoisotopic (exact) mass is 375 g/mol. The second-order valence-electron chi connectivity index (χ2n) is 6.38. The molecule has 0 saturated heterocycles. The summed E-state index contributed by atoms with van der Waals surface area (Å²) in [6.07, 6.45) is 1.65. The largest absolute Gasteiger partial charge is 0.495 e. The number of anilines is 1. The van der Waals surface area contributed by atoms with Crippen molar-refractivity contribution in [1.29, 1.82) is 0 Å². The van der Waals surface area contributed by atoms with Crippen LogP contribution in [-0.2, 0) is 16.1 Å². The average molecular weight is 376 g/mol. The molecule has 0 saturated carbocycles. The molecule has 7 heteroatoms. The molecule has 0 fully saturated rings. The van der Waals surface area contributed by atoms with Crippen molar-refractivity contribution in [3.05, 3.63) is 52.8 Å². The lowest BCUT2D eigenvalue weighted by molar-refractivity contribution is -0.138. The number of amides is 2. The first-order valence-electron chi connectivity index (χ1n) is 8.09. The lowest BCUT2D eigenvalue weighted by atomic mass is 9.90. The number of aromatic nitrogens is 1. The first-order valence-corrected chi connectivity index (χ1v) is 8.47. The fraction of sp³-hybridized carbons (Fsp3) is 0.316. The normalized spacial score (nSPS) is 11.0. The molecule has 2 amide bonds. The van der Waals surface area contributed by atoms with Gasteiger partial charge in [0.15, 0.2) is 0 Å². The van der Waals surface area contributed by atoms with E-state index in [1.54, 1.807) is 44.3 Å². The molecule has 2 aromatic rings. The number of carbonyl (C=O) groups is 2. The molecule has 1 aromatic heterocycles. The second-order valence-corrected chi connectivity index (χ2v) is 6.79. The molecule has 0 aliphatic rings. The van der Waals surface area contributed by atoms with Gasteiger partial charge in [0.2, 0.25) is 11.8 Å². The smallest absolute Gasteiger partial charge is 0.239 e. The molecule has 2 N–H and O–H groups in total. The van der Waals surface area contributed by atoms with Crippen LogP contribution in [0.4, 0.5) is 5.69 Å². The van der Waals surface area contributed by atoms with E-state index >= 15 is 0 Å². The number of aryl methyl sites for hydroxylation is 1. The SMILES string of the molecule is COc1cc(Cl)c(C)cc1NC(=O)C(C)(C)C(=O)NCc1ccccn1. The molecular formula is C19H22ClN3O3. The molecule has 0 radical (unpaired) electrons. The minimum atomic E-state index is -1.28. The van der Waals surface area contributed by atoms with Crippen LogP contribution < -0.4 is 15.4 Å². The van der Waals surface area contributed by atoms with Crippen molar-refractivity contribution in [3.63, 3.8) is 0 Å². The molecule has 138 valence electrons. The fourth-order valence-corrected chi connectivity index (χ4v) is 2.36. The van der Waals surface area contributed by atoms with Gasteiger partial charge in [-0.15, -0.1) is 0 Å². The van der Waals surface area contributed by atoms with E-state index in [0.717, 1.165) is 5.56 Å². The van der Waals surface area contributed by atoms with Gasteiger partial charge in [0.05, 0.1) is 25.0 Å². The van der Waals surface area contributed by atoms with E-state index in [2.05, 4.69) is 15.6 Å². The number of nitrogens with one attached hydrogen (secondary N) is 2. The van der Waals surface area contributed by atoms with Crippen LogP contribution in [0.15, 0.2) is 36.5 Å². The Hall–Kier alpha value is -2.60. The molecule has 26 heavy (non-hydrogen) atoms. The van der Waals surface area contributed by atoms with E-state index in [0.29, 0.717) is 22.2 Å². The minimum Gasteiger partial charge on any atom is -0.495 e. The molecule has 0 atom stereocenters. The van der Waals surface area contributed by atoms with Gasteiger partial charge >= 0.3 is 0 Å². The molecule has 0 spiro atoms. The van der Waals surface area contributed by atoms with Gasteiger partial charge in [-0.1, -0.05) is 17.7 Å². The molecule has 0 unspecified atom stereocenters. The van der Waals surface area contributed by atoms with Gasteiger partial charge in [-0.05, 0) is 44.5 Å². The Labute approximate surface area is 157 Å². The van der Waals surface area contributed by atoms with E-state index in [9.17, 15) is 9.59 Å². The van der Waals surface area contributed by atoms with Crippen LogP contribution in [0.3, 0.4) is 0 Å². The van der Waals surface area contributed by atoms with Gasteiger partial charge in [0.25, 0.3) is 0 Å². The summed E-state index contributed by atoms with van der Waals surface area (Å²) >= 11 is 6.08. The highest BCUT2D eigenvalue weighted by Gasteiger charge is 2.36. The van der Waals surface area contributed by atoms with E-state index in [1.807, 2.05) is 13.0 Å². The molecule has 0 aliphatic carbocycles. The van der Waals surface area contributed by atoms with Gasteiger partial charge in [0.1, 0.15) is 11.2 Å². The summed E-state index contributed by atoms with van der Waals surface area (Å²) in [5, 5.41) is 6.02. The van der Waals surface area contributed by atoms with Crippen LogP contribution in [0.25, 0.3) is 0 Å². The summed E-state index contributed by atoms with van der Waals surface area (Å²) in [6.45, 7) is 5.19. The Kier molecular flexibility index (Phi) is 6.21. The molecule has 6 nitrogen and oxygen atoms in total. The van der Waals surface area contributed by atoms with Crippen molar-refractivity contribution in [2.45, 2.75) is 27.3 Å². The van der Waals surface area contributed by atoms with Crippen LogP contribution in [0.5, 0.6) is 5.75 Å². The van der Waals surface area contributed by atoms with E-state index in [1.165, 1.54) is 7.11 Å². The fourth-order valence-electron chi connectivity index (χ4n) is 2.21. The minimum absolute atomic E-state index is 0.250. The van der Waals surface area contributed by atoms with Crippen LogP contribution in [-0.4, -0.2) is 23.9 Å². The number of halogens is 1. The molecule has 0 bridgehead atoms. The van der Waals surface area contributed by atoms with Crippen LogP contribution in [0.2, 0.25) is 5.02 Å². The number of ether oxygens (including phenoxy) is 1. The summed E-state index contributed by atoms with van der Waals surface area (Å²) in [4.78, 5) is 29.3. The van der Waals surface area contributed by atoms with E-state index in [4.69, 9.17) is 16.3 Å². The average Bonchev–Trinajstić information content (AvgIpc) is 2.63. The number of rotatable bonds is 6. The van der Waals surface area contributed by atoms with Crippen molar-refractivity contribution >= 4 is 29.1 Å². The third kappa shape index (κ3) is 4.52. The van der Waals surface area contributed by atoms with Crippen molar-refractivity contribution in [2.24, 2.45) is 5.41 Å². The van der Waals surface area contributed by atoms with Crippen molar-refractivity contribution in [3.8, 4) is 5.75 Å². The predicted octanol–water partition coefficient (Wildman–Crippen LogP) is 3.33. The predicted molar refractivity (Wildman–Crippen MR) is 101 cm³/mol. The maximum absolute atomic E-state index is 12.7. The molecule has 1 heterocycles. The summed E-state index contributed by atoms with van der Waals surface area (Å²) in [7, 11) is 1.49. The number of hydrogen-bond donors (Lipinski definition) is 2. The Morgan fingerprint density at radius 3 is 2.58 bits per heavy atom. The van der Waals surface area contributed by atoms with Gasteiger partial charge in [0, 0.05) is 17.3 Å². The van der Waals surface area contributed by atoms with Crippen LogP contribution in [0.1, 0.15) is 25.1 Å². The molecular weight excluding hydrogens is 354 g/mol. The molecule has 2 rings (SSSR count). The third-order valence-corrected chi connectivity index (χ3v) is 4.43. The summed E-state index contributed by atoms with van der Waals surface area (Å²) < 4.78 is 5.25. The van der Waals surface area contributed by atoms with Crippen molar-refractivity contribution < 1.29 is 14.3 Å². The van der Waals surface area contributed by atoms with Gasteiger partial charge in [-0.2, -0.15) is 0 Å². The van der Waals surface area contributed by atoms with E-state index < -0.39 is 17.2 Å². The Morgan fingerprint density at radius 1 is 1.23 bits per heavy atom. The standard InChI is InChI=1S/C19H22ClN3O3/c1-12-9-15(16(26-4)10-14(12)20)23-18(25)19(2,3)17(24)22-11-13-7-5-6-8-21-13/h5-10H,11H2,1-4H3,(H,22,24)(H,23,25). The summed E-state index contributed by atoms with van der Waals surface area (Å²) in [5.41, 5.74) is 0.685. The van der Waals surface area contributed by atoms with Gasteiger partial charge in [-0.3, -0.25) is 14.6 Å². The quantitative estimate of drug-likeness (QED) is 0.759. The first kappa shape index (κ1) is 19.7. The maximum atomic E-state index is 12.7. The topological polar surface area (TPSA) is 80.3 Å². The number of hydrogen-bond acceptors (Lipinski definition) is 4. The van der Waals surface area contributed by atoms with Crippen molar-refractivity contribution in [1.82, 2.24) is 10.3 Å². The van der Waals surface area contributed by atoms with Crippen molar-refractivity contribution in [2.75, 3.05) is 12.4 Å². The first-order chi connectivity index (χ1) is 12.3. The maximum Gasteiger partial charge on any atom is 0.239 e. The Morgan fingerprint density at radius 2 is 1.96 bits per heavy atom. The number of benzene rings is 1. The lowest BCUT2D eigenvalue weighted by Gasteiger charge is -2.23. The van der Waals surface area contributed by atoms with Crippen LogP contribution >= 0.6 is 11.6 Å². The van der Waals surface area contributed by atoms with Crippen LogP contribution in [0, 0.1) is 12.3 Å². The molecule has 0 aliphatic heterocycles. The third-order valence-electron chi connectivity index (χ3n) is 4.02. The molecule has 1 aromatic carbocycles. The zero-order valence-corrected chi connectivity index (χ0v) is 16.0. The zero-order chi connectivity index (χ0) is 19.3. The highest BCUT2D eigenvalue weighted by molar-refractivity contribution is 6.31. The zero-order valence-electron chi connectivity index (χ0n) is 15.2. The lowest BCUT2D eigenvalue weighted by Crippen LogP contribution is -2.45. The van der Waals surface area contributed by atoms with Gasteiger partial charge in [-0.25, -0.2) is 0 Å². The highest BCUT2D eigenvalue weighted by atomic mass is 35.5. The summed E-state index contributed by atoms with van der Waals surface area (Å²) in [6, 6.07) is 8.77.